The van der Waals surface area contributed by atoms with E-state index in [1.165, 1.54) is 16.7 Å². The summed E-state index contributed by atoms with van der Waals surface area (Å²) in [7, 11) is 0. The standard InChI is InChI=1S/C26H25N5O/c1-16-3-6-22-21(11-16)26(28-15-27-22)31-9-10-32-25-8-5-18(12-20(25)14-31)19-4-7-23-24(13-19)30-17(2)29-23/h3-8,11-13,15-16,22H,9-10,14H2,1-2H3,(H,29,30). The summed E-state index contributed by atoms with van der Waals surface area (Å²) in [5.41, 5.74) is 6.75. The zero-order chi connectivity index (χ0) is 21.7. The number of hydrogen-bond acceptors (Lipinski definition) is 5. The van der Waals surface area contributed by atoms with E-state index in [9.17, 15) is 0 Å². The van der Waals surface area contributed by atoms with Gasteiger partial charge in [-0.05, 0) is 48.2 Å². The molecule has 1 N–H and O–H groups in total. The van der Waals surface area contributed by atoms with Crippen molar-refractivity contribution in [3.05, 3.63) is 71.6 Å². The fourth-order valence-electron chi connectivity index (χ4n) is 4.73. The van der Waals surface area contributed by atoms with Crippen LogP contribution in [0.2, 0.25) is 0 Å². The Morgan fingerprint density at radius 3 is 2.91 bits per heavy atom. The highest BCUT2D eigenvalue weighted by molar-refractivity contribution is 6.05. The summed E-state index contributed by atoms with van der Waals surface area (Å²) in [5.74, 6) is 3.28. The average molecular weight is 424 g/mol. The van der Waals surface area contributed by atoms with E-state index in [1.54, 1.807) is 6.34 Å². The van der Waals surface area contributed by atoms with E-state index in [0.29, 0.717) is 12.5 Å². The maximum atomic E-state index is 6.11. The third-order valence-corrected chi connectivity index (χ3v) is 6.30. The number of fused-ring (bicyclic) bond motifs is 3. The van der Waals surface area contributed by atoms with Crippen LogP contribution < -0.4 is 4.74 Å². The van der Waals surface area contributed by atoms with Crippen LogP contribution >= 0.6 is 0 Å². The van der Waals surface area contributed by atoms with Crippen molar-refractivity contribution in [3.63, 3.8) is 0 Å². The van der Waals surface area contributed by atoms with Gasteiger partial charge in [-0.1, -0.05) is 37.3 Å². The Hall–Kier alpha value is -3.67. The molecule has 6 heteroatoms. The molecule has 3 aliphatic rings. The molecule has 0 saturated heterocycles. The number of aliphatic imine (C=N–C) groups is 2. The molecule has 0 spiro atoms. The number of ether oxygens (including phenoxy) is 1. The van der Waals surface area contributed by atoms with E-state index < -0.39 is 0 Å². The van der Waals surface area contributed by atoms with E-state index >= 15 is 0 Å². The number of aromatic nitrogens is 2. The number of hydrogen-bond donors (Lipinski definition) is 1. The van der Waals surface area contributed by atoms with Gasteiger partial charge in [-0.3, -0.25) is 4.99 Å². The Kier molecular flexibility index (Phi) is 4.45. The molecule has 2 unspecified atom stereocenters. The van der Waals surface area contributed by atoms with Crippen molar-refractivity contribution >= 4 is 23.2 Å². The minimum Gasteiger partial charge on any atom is -0.491 e. The van der Waals surface area contributed by atoms with Crippen molar-refractivity contribution in [1.82, 2.24) is 14.9 Å². The van der Waals surface area contributed by atoms with Gasteiger partial charge in [0.05, 0.1) is 23.6 Å². The van der Waals surface area contributed by atoms with E-state index in [4.69, 9.17) is 4.74 Å². The maximum absolute atomic E-state index is 6.11. The smallest absolute Gasteiger partial charge is 0.136 e. The molecule has 3 heterocycles. The van der Waals surface area contributed by atoms with Crippen molar-refractivity contribution in [1.29, 1.82) is 0 Å². The number of H-pyrrole nitrogens is 1. The average Bonchev–Trinajstić information content (AvgIpc) is 3.04. The van der Waals surface area contributed by atoms with Gasteiger partial charge in [0.1, 0.15) is 30.4 Å². The van der Waals surface area contributed by atoms with E-state index in [2.05, 4.69) is 86.4 Å². The molecule has 32 heavy (non-hydrogen) atoms. The van der Waals surface area contributed by atoms with Crippen LogP contribution in [0.25, 0.3) is 22.2 Å². The lowest BCUT2D eigenvalue weighted by Crippen LogP contribution is -2.38. The minimum absolute atomic E-state index is 0.0678. The largest absolute Gasteiger partial charge is 0.491 e. The summed E-state index contributed by atoms with van der Waals surface area (Å²) >= 11 is 0. The fourth-order valence-corrected chi connectivity index (χ4v) is 4.73. The number of imidazole rings is 1. The number of amidine groups is 1. The zero-order valence-corrected chi connectivity index (χ0v) is 18.2. The van der Waals surface area contributed by atoms with Gasteiger partial charge < -0.3 is 14.6 Å². The van der Waals surface area contributed by atoms with Crippen molar-refractivity contribution in [3.8, 4) is 16.9 Å². The van der Waals surface area contributed by atoms with Gasteiger partial charge in [0, 0.05) is 17.7 Å². The number of aromatic amines is 1. The number of nitrogens with one attached hydrogen (secondary N) is 1. The Labute approximate surface area is 187 Å². The molecule has 2 aliphatic heterocycles. The first-order valence-electron chi connectivity index (χ1n) is 11.1. The number of benzene rings is 2. The Balaban J connectivity index is 1.34. The highest BCUT2D eigenvalue weighted by Crippen LogP contribution is 2.32. The first-order valence-corrected chi connectivity index (χ1v) is 11.1. The minimum atomic E-state index is 0.0678. The SMILES string of the molecule is Cc1nc2ccc(-c3ccc4c(c3)CN(C3=NC=NC5C=CC(C)C=C35)CCO4)cc2[nH]1. The van der Waals surface area contributed by atoms with Gasteiger partial charge in [0.2, 0.25) is 0 Å². The summed E-state index contributed by atoms with van der Waals surface area (Å²) < 4.78 is 6.11. The lowest BCUT2D eigenvalue weighted by Gasteiger charge is -2.30. The summed E-state index contributed by atoms with van der Waals surface area (Å²) in [6.07, 6.45) is 8.37. The Morgan fingerprint density at radius 1 is 1.09 bits per heavy atom. The van der Waals surface area contributed by atoms with E-state index in [-0.39, 0.29) is 6.04 Å². The zero-order valence-electron chi connectivity index (χ0n) is 18.2. The molecule has 160 valence electrons. The van der Waals surface area contributed by atoms with Crippen molar-refractivity contribution in [2.24, 2.45) is 15.9 Å². The predicted octanol–water partition coefficient (Wildman–Crippen LogP) is 4.67. The highest BCUT2D eigenvalue weighted by atomic mass is 16.5. The molecule has 0 amide bonds. The van der Waals surface area contributed by atoms with Crippen molar-refractivity contribution in [2.75, 3.05) is 13.2 Å². The maximum Gasteiger partial charge on any atom is 0.136 e. The Bertz CT molecular complexity index is 1330. The van der Waals surface area contributed by atoms with Gasteiger partial charge in [-0.15, -0.1) is 0 Å². The highest BCUT2D eigenvalue weighted by Gasteiger charge is 2.28. The van der Waals surface area contributed by atoms with Gasteiger partial charge in [0.15, 0.2) is 0 Å². The summed E-state index contributed by atoms with van der Waals surface area (Å²) in [4.78, 5) is 19.4. The number of nitrogens with zero attached hydrogens (tertiary/aromatic N) is 4. The van der Waals surface area contributed by atoms with Crippen LogP contribution in [-0.4, -0.2) is 46.2 Å². The normalized spacial score (nSPS) is 22.0. The molecule has 0 radical (unpaired) electrons. The third-order valence-electron chi connectivity index (χ3n) is 6.30. The van der Waals surface area contributed by atoms with Crippen LogP contribution in [0, 0.1) is 12.8 Å². The molecule has 6 rings (SSSR count). The number of rotatable bonds is 1. The van der Waals surface area contributed by atoms with Crippen LogP contribution in [0.15, 0.2) is 70.2 Å². The second-order valence-corrected chi connectivity index (χ2v) is 8.67. The van der Waals surface area contributed by atoms with Crippen molar-refractivity contribution < 1.29 is 4.74 Å². The van der Waals surface area contributed by atoms with Gasteiger partial charge in [-0.2, -0.15) is 0 Å². The second kappa shape index (κ2) is 7.48. The van der Waals surface area contributed by atoms with Crippen molar-refractivity contribution in [2.45, 2.75) is 26.4 Å². The molecule has 2 atom stereocenters. The molecule has 3 aromatic rings. The molecule has 0 fully saturated rings. The van der Waals surface area contributed by atoms with Crippen LogP contribution in [0.5, 0.6) is 5.75 Å². The van der Waals surface area contributed by atoms with Gasteiger partial charge >= 0.3 is 0 Å². The second-order valence-electron chi connectivity index (χ2n) is 8.67. The monoisotopic (exact) mass is 423 g/mol. The predicted molar refractivity (Wildman–Crippen MR) is 128 cm³/mol. The van der Waals surface area contributed by atoms with Gasteiger partial charge in [-0.25, -0.2) is 9.98 Å². The van der Waals surface area contributed by atoms with Crippen LogP contribution in [-0.2, 0) is 6.54 Å². The molecule has 1 aromatic heterocycles. The third kappa shape index (κ3) is 3.32. The van der Waals surface area contributed by atoms with Gasteiger partial charge in [0.25, 0.3) is 0 Å². The molecular weight excluding hydrogens is 398 g/mol. The molecule has 6 nitrogen and oxygen atoms in total. The summed E-state index contributed by atoms with van der Waals surface area (Å²) in [5, 5.41) is 0. The first-order chi connectivity index (χ1) is 15.6. The van der Waals surface area contributed by atoms with Crippen LogP contribution in [0.1, 0.15) is 18.3 Å². The summed E-state index contributed by atoms with van der Waals surface area (Å²) in [6.45, 7) is 6.35. The van der Waals surface area contributed by atoms with E-state index in [0.717, 1.165) is 47.1 Å². The molecule has 2 aromatic carbocycles. The van der Waals surface area contributed by atoms with E-state index in [1.807, 2.05) is 6.92 Å². The first kappa shape index (κ1) is 19.0. The quantitative estimate of drug-likeness (QED) is 0.578. The summed E-state index contributed by atoms with van der Waals surface area (Å²) in [6, 6.07) is 12.9. The van der Waals surface area contributed by atoms with Crippen LogP contribution in [0.3, 0.4) is 0 Å². The molecule has 0 bridgehead atoms. The molecule has 0 saturated carbocycles. The fraction of sp³-hybridized carbons (Fsp3) is 0.269. The lowest BCUT2D eigenvalue weighted by atomic mass is 9.92. The number of allylic oxidation sites excluding steroid dienone is 2. The lowest BCUT2D eigenvalue weighted by molar-refractivity contribution is 0.289. The Morgan fingerprint density at radius 2 is 1.97 bits per heavy atom. The topological polar surface area (TPSA) is 65.9 Å². The molecular formula is C26H25N5O. The number of aryl methyl sites for hydroxylation is 1. The molecule has 1 aliphatic carbocycles. The van der Waals surface area contributed by atoms with Crippen LogP contribution in [0.4, 0.5) is 0 Å².